The van der Waals surface area contributed by atoms with E-state index < -0.39 is 20.6 Å². The number of nitrogens with zero attached hydrogens (tertiary/aromatic N) is 2. The Morgan fingerprint density at radius 1 is 1.13 bits per heavy atom. The highest BCUT2D eigenvalue weighted by Crippen LogP contribution is 2.44. The smallest absolute Gasteiger partial charge is 0.256 e. The molecule has 3 rings (SSSR count). The SMILES string of the molecule is CC1(S(=O)(=O)N2CCCN(C(=O)c3ccccc3F)CC2)CC1. The summed E-state index contributed by atoms with van der Waals surface area (Å²) in [5, 5.41) is 0. The van der Waals surface area contributed by atoms with Crippen LogP contribution in [0.5, 0.6) is 0 Å². The Kier molecular flexibility index (Phi) is 4.18. The summed E-state index contributed by atoms with van der Waals surface area (Å²) in [7, 11) is -3.31. The molecule has 1 aromatic carbocycles. The van der Waals surface area contributed by atoms with Crippen LogP contribution in [0.25, 0.3) is 0 Å². The standard InChI is InChI=1S/C16H21FN2O3S/c1-16(7-8-16)23(21,22)19-10-4-9-18(11-12-19)15(20)13-5-2-3-6-14(13)17/h2-3,5-6H,4,7-12H2,1H3. The van der Waals surface area contributed by atoms with Crippen molar-refractivity contribution in [3.8, 4) is 0 Å². The molecule has 1 aliphatic carbocycles. The van der Waals surface area contributed by atoms with E-state index in [1.165, 1.54) is 16.4 Å². The van der Waals surface area contributed by atoms with Crippen LogP contribution >= 0.6 is 0 Å². The van der Waals surface area contributed by atoms with Crippen LogP contribution in [0.15, 0.2) is 24.3 Å². The zero-order valence-electron chi connectivity index (χ0n) is 13.2. The van der Waals surface area contributed by atoms with Gasteiger partial charge in [-0.2, -0.15) is 4.31 Å². The molecule has 1 aromatic rings. The van der Waals surface area contributed by atoms with Gasteiger partial charge in [0.05, 0.1) is 10.3 Å². The van der Waals surface area contributed by atoms with E-state index in [1.807, 2.05) is 0 Å². The summed E-state index contributed by atoms with van der Waals surface area (Å²) in [6, 6.07) is 5.88. The molecule has 0 spiro atoms. The highest BCUT2D eigenvalue weighted by atomic mass is 32.2. The van der Waals surface area contributed by atoms with Gasteiger partial charge in [-0.3, -0.25) is 4.79 Å². The predicted octanol–water partition coefficient (Wildman–Crippen LogP) is 1.86. The van der Waals surface area contributed by atoms with Gasteiger partial charge in [-0.25, -0.2) is 12.8 Å². The van der Waals surface area contributed by atoms with Crippen molar-refractivity contribution < 1.29 is 17.6 Å². The number of benzene rings is 1. The van der Waals surface area contributed by atoms with Gasteiger partial charge in [-0.15, -0.1) is 0 Å². The Hall–Kier alpha value is -1.47. The molecule has 5 nitrogen and oxygen atoms in total. The van der Waals surface area contributed by atoms with Crippen molar-refractivity contribution in [1.29, 1.82) is 0 Å². The average Bonchev–Trinajstić information content (AvgIpc) is 3.30. The van der Waals surface area contributed by atoms with E-state index >= 15 is 0 Å². The molecule has 0 unspecified atom stereocenters. The van der Waals surface area contributed by atoms with Gasteiger partial charge in [0.25, 0.3) is 5.91 Å². The first-order chi connectivity index (χ1) is 10.8. The summed E-state index contributed by atoms with van der Waals surface area (Å²) >= 11 is 0. The average molecular weight is 340 g/mol. The topological polar surface area (TPSA) is 57.7 Å². The number of carbonyl (C=O) groups is 1. The van der Waals surface area contributed by atoms with Crippen molar-refractivity contribution in [2.75, 3.05) is 26.2 Å². The van der Waals surface area contributed by atoms with Gasteiger partial charge in [0.15, 0.2) is 0 Å². The van der Waals surface area contributed by atoms with Crippen LogP contribution in [-0.2, 0) is 10.0 Å². The molecule has 0 atom stereocenters. The molecule has 1 heterocycles. The second-order valence-electron chi connectivity index (χ2n) is 6.48. The number of hydrogen-bond acceptors (Lipinski definition) is 3. The molecule has 126 valence electrons. The normalized spacial score (nSPS) is 21.7. The summed E-state index contributed by atoms with van der Waals surface area (Å²) in [4.78, 5) is 14.0. The molecule has 0 aromatic heterocycles. The first kappa shape index (κ1) is 16.4. The molecule has 7 heteroatoms. The van der Waals surface area contributed by atoms with E-state index in [0.29, 0.717) is 38.9 Å². The maximum Gasteiger partial charge on any atom is 0.256 e. The molecule has 1 saturated heterocycles. The lowest BCUT2D eigenvalue weighted by atomic mass is 10.2. The summed E-state index contributed by atoms with van der Waals surface area (Å²) in [6.07, 6.45) is 1.96. The van der Waals surface area contributed by atoms with Crippen LogP contribution in [0.2, 0.25) is 0 Å². The predicted molar refractivity (Wildman–Crippen MR) is 85.1 cm³/mol. The maximum absolute atomic E-state index is 13.8. The lowest BCUT2D eigenvalue weighted by Gasteiger charge is -2.24. The third kappa shape index (κ3) is 2.99. The van der Waals surface area contributed by atoms with Gasteiger partial charge in [-0.05, 0) is 38.3 Å². The molecular weight excluding hydrogens is 319 g/mol. The van der Waals surface area contributed by atoms with Crippen LogP contribution in [0.3, 0.4) is 0 Å². The molecule has 2 aliphatic rings. The molecular formula is C16H21FN2O3S. The van der Waals surface area contributed by atoms with E-state index in [1.54, 1.807) is 24.0 Å². The Bertz CT molecular complexity index is 716. The Balaban J connectivity index is 1.72. The minimum atomic E-state index is -3.31. The second-order valence-corrected chi connectivity index (χ2v) is 8.93. The van der Waals surface area contributed by atoms with E-state index in [4.69, 9.17) is 0 Å². The monoisotopic (exact) mass is 340 g/mol. The van der Waals surface area contributed by atoms with E-state index in [2.05, 4.69) is 0 Å². The third-order valence-corrected chi connectivity index (χ3v) is 7.46. The summed E-state index contributed by atoms with van der Waals surface area (Å²) in [5.41, 5.74) is 0.0398. The highest BCUT2D eigenvalue weighted by Gasteiger charge is 2.52. The van der Waals surface area contributed by atoms with Gasteiger partial charge in [0.2, 0.25) is 10.0 Å². The molecule has 23 heavy (non-hydrogen) atoms. The van der Waals surface area contributed by atoms with Crippen LogP contribution in [0.4, 0.5) is 4.39 Å². The first-order valence-electron chi connectivity index (χ1n) is 7.89. The first-order valence-corrected chi connectivity index (χ1v) is 9.33. The summed E-state index contributed by atoms with van der Waals surface area (Å²) in [5.74, 6) is -0.920. The molecule has 1 saturated carbocycles. The number of sulfonamides is 1. The van der Waals surface area contributed by atoms with Crippen molar-refractivity contribution in [2.24, 2.45) is 0 Å². The van der Waals surface area contributed by atoms with E-state index in [0.717, 1.165) is 0 Å². The molecule has 2 fully saturated rings. The summed E-state index contributed by atoms with van der Waals surface area (Å²) < 4.78 is 39.8. The van der Waals surface area contributed by atoms with E-state index in [-0.39, 0.29) is 18.0 Å². The van der Waals surface area contributed by atoms with Crippen molar-refractivity contribution in [1.82, 2.24) is 9.21 Å². The fraction of sp³-hybridized carbons (Fsp3) is 0.562. The van der Waals surface area contributed by atoms with Gasteiger partial charge < -0.3 is 4.90 Å². The fourth-order valence-electron chi connectivity index (χ4n) is 2.89. The number of hydrogen-bond donors (Lipinski definition) is 0. The molecule has 0 N–H and O–H groups in total. The minimum absolute atomic E-state index is 0.0398. The van der Waals surface area contributed by atoms with Gasteiger partial charge in [0, 0.05) is 26.2 Å². The molecule has 1 aliphatic heterocycles. The zero-order chi connectivity index (χ0) is 16.7. The van der Waals surface area contributed by atoms with Crippen LogP contribution in [-0.4, -0.2) is 54.5 Å². The molecule has 1 amide bonds. The fourth-order valence-corrected chi connectivity index (χ4v) is 4.82. The van der Waals surface area contributed by atoms with Crippen molar-refractivity contribution in [3.05, 3.63) is 35.6 Å². The van der Waals surface area contributed by atoms with Crippen molar-refractivity contribution in [3.63, 3.8) is 0 Å². The minimum Gasteiger partial charge on any atom is -0.337 e. The van der Waals surface area contributed by atoms with Crippen LogP contribution in [0, 0.1) is 5.82 Å². The number of halogens is 1. The van der Waals surface area contributed by atoms with Crippen molar-refractivity contribution in [2.45, 2.75) is 30.9 Å². The van der Waals surface area contributed by atoms with E-state index in [9.17, 15) is 17.6 Å². The highest BCUT2D eigenvalue weighted by molar-refractivity contribution is 7.90. The van der Waals surface area contributed by atoms with Crippen LogP contribution < -0.4 is 0 Å². The summed E-state index contributed by atoms with van der Waals surface area (Å²) in [6.45, 7) is 3.20. The number of amides is 1. The number of carbonyl (C=O) groups excluding carboxylic acids is 1. The molecule has 0 bridgehead atoms. The molecule has 0 radical (unpaired) electrons. The quantitative estimate of drug-likeness (QED) is 0.844. The number of rotatable bonds is 3. The van der Waals surface area contributed by atoms with Gasteiger partial charge in [0.1, 0.15) is 5.82 Å². The Morgan fingerprint density at radius 2 is 1.83 bits per heavy atom. The Labute approximate surface area is 136 Å². The second kappa shape index (κ2) is 5.87. The van der Waals surface area contributed by atoms with Crippen LogP contribution in [0.1, 0.15) is 36.5 Å². The third-order valence-electron chi connectivity index (χ3n) is 4.76. The largest absolute Gasteiger partial charge is 0.337 e. The van der Waals surface area contributed by atoms with Gasteiger partial charge >= 0.3 is 0 Å². The van der Waals surface area contributed by atoms with Gasteiger partial charge in [-0.1, -0.05) is 12.1 Å². The zero-order valence-corrected chi connectivity index (χ0v) is 14.0. The maximum atomic E-state index is 13.8. The lowest BCUT2D eigenvalue weighted by Crippen LogP contribution is -2.41. The lowest BCUT2D eigenvalue weighted by molar-refractivity contribution is 0.0759. The van der Waals surface area contributed by atoms with Crippen molar-refractivity contribution >= 4 is 15.9 Å². The Morgan fingerprint density at radius 3 is 2.48 bits per heavy atom.